The molecule has 0 saturated heterocycles. The number of nitro benzene ring substituents is 1. The number of nitro groups is 1. The molecule has 0 spiro atoms. The van der Waals surface area contributed by atoms with Crippen molar-refractivity contribution in [2.75, 3.05) is 0 Å². The van der Waals surface area contributed by atoms with Gasteiger partial charge in [-0.2, -0.15) is 10.2 Å². The van der Waals surface area contributed by atoms with Gasteiger partial charge in [0.05, 0.1) is 16.7 Å². The molecule has 6 heteroatoms. The zero-order valence-corrected chi connectivity index (χ0v) is 11.5. The van der Waals surface area contributed by atoms with Gasteiger partial charge in [0.2, 0.25) is 0 Å². The Bertz CT molecular complexity index is 752. The van der Waals surface area contributed by atoms with E-state index in [2.05, 4.69) is 10.2 Å². The molecule has 0 aliphatic rings. The van der Waals surface area contributed by atoms with Crippen molar-refractivity contribution in [1.82, 2.24) is 0 Å². The summed E-state index contributed by atoms with van der Waals surface area (Å²) in [4.78, 5) is 10.4. The van der Waals surface area contributed by atoms with Gasteiger partial charge in [0, 0.05) is 17.8 Å². The molecule has 0 radical (unpaired) electrons. The number of hydrogen-bond donors (Lipinski definition) is 1. The lowest BCUT2D eigenvalue weighted by Crippen LogP contribution is -1.90. The Morgan fingerprint density at radius 1 is 1.00 bits per heavy atom. The smallest absolute Gasteiger partial charge is 0.276 e. The van der Waals surface area contributed by atoms with E-state index in [0.717, 1.165) is 0 Å². The van der Waals surface area contributed by atoms with E-state index in [4.69, 9.17) is 0 Å². The molecule has 0 saturated carbocycles. The van der Waals surface area contributed by atoms with Crippen LogP contribution in [-0.4, -0.2) is 22.5 Å². The average molecular weight is 295 g/mol. The summed E-state index contributed by atoms with van der Waals surface area (Å²) in [5.41, 5.74) is 1.08. The summed E-state index contributed by atoms with van der Waals surface area (Å²) in [7, 11) is 0. The van der Waals surface area contributed by atoms with Crippen molar-refractivity contribution in [3.05, 3.63) is 75.8 Å². The largest absolute Gasteiger partial charge is 0.507 e. The number of hydrogen-bond acceptors (Lipinski definition) is 5. The van der Waals surface area contributed by atoms with Gasteiger partial charge in [0.1, 0.15) is 5.75 Å². The minimum absolute atomic E-state index is 0.0323. The Kier molecular flexibility index (Phi) is 5.15. The van der Waals surface area contributed by atoms with E-state index < -0.39 is 4.92 Å². The van der Waals surface area contributed by atoms with E-state index >= 15 is 0 Å². The van der Waals surface area contributed by atoms with Crippen LogP contribution in [0.3, 0.4) is 0 Å². The fraction of sp³-hybridized carbons (Fsp3) is 0. The summed E-state index contributed by atoms with van der Waals surface area (Å²) in [5, 5.41) is 27.9. The van der Waals surface area contributed by atoms with E-state index in [1.807, 2.05) is 0 Å². The van der Waals surface area contributed by atoms with Crippen LogP contribution in [0.1, 0.15) is 11.1 Å². The van der Waals surface area contributed by atoms with E-state index in [-0.39, 0.29) is 11.4 Å². The molecule has 2 rings (SSSR count). The van der Waals surface area contributed by atoms with Crippen molar-refractivity contribution in [3.8, 4) is 5.75 Å². The highest BCUT2D eigenvalue weighted by molar-refractivity contribution is 5.84. The molecule has 0 aliphatic carbocycles. The van der Waals surface area contributed by atoms with Crippen LogP contribution in [0.2, 0.25) is 0 Å². The number of allylic oxidation sites excluding steroid dienone is 1. The first-order chi connectivity index (χ1) is 10.7. The highest BCUT2D eigenvalue weighted by atomic mass is 16.6. The van der Waals surface area contributed by atoms with Gasteiger partial charge >= 0.3 is 0 Å². The van der Waals surface area contributed by atoms with Crippen LogP contribution in [0, 0.1) is 10.1 Å². The van der Waals surface area contributed by atoms with E-state index in [1.54, 1.807) is 54.6 Å². The number of para-hydroxylation sites is 2. The standard InChI is InChI=1S/C16H13N3O3/c20-16-10-4-2-7-14(16)12-18-17-11-5-8-13-6-1-3-9-15(13)19(21)22/h1-12,20H/b8-5-,17-11-,18-12-. The second-order valence-electron chi connectivity index (χ2n) is 4.24. The van der Waals surface area contributed by atoms with Crippen molar-refractivity contribution < 1.29 is 10.0 Å². The Morgan fingerprint density at radius 3 is 2.41 bits per heavy atom. The molecule has 0 aromatic heterocycles. The maximum atomic E-state index is 10.8. The molecule has 1 N–H and O–H groups in total. The molecule has 0 fully saturated rings. The molecule has 110 valence electrons. The van der Waals surface area contributed by atoms with E-state index in [1.165, 1.54) is 18.5 Å². The second kappa shape index (κ2) is 7.49. The summed E-state index contributed by atoms with van der Waals surface area (Å²) in [6, 6.07) is 13.2. The van der Waals surface area contributed by atoms with Crippen molar-refractivity contribution in [2.24, 2.45) is 10.2 Å². The highest BCUT2D eigenvalue weighted by Crippen LogP contribution is 2.18. The molecule has 0 atom stereocenters. The van der Waals surface area contributed by atoms with Gasteiger partial charge < -0.3 is 5.11 Å². The number of nitrogens with zero attached hydrogens (tertiary/aromatic N) is 3. The van der Waals surface area contributed by atoms with Crippen LogP contribution in [0.4, 0.5) is 5.69 Å². The fourth-order valence-electron chi connectivity index (χ4n) is 1.71. The molecule has 0 amide bonds. The number of benzene rings is 2. The number of phenols is 1. The molecule has 0 bridgehead atoms. The summed E-state index contributed by atoms with van der Waals surface area (Å²) in [5.74, 6) is 0.122. The van der Waals surface area contributed by atoms with Crippen molar-refractivity contribution >= 4 is 24.2 Å². The minimum atomic E-state index is -0.437. The van der Waals surface area contributed by atoms with Gasteiger partial charge in [-0.15, -0.1) is 0 Å². The first kappa shape index (κ1) is 15.1. The number of phenolic OH excluding ortho intramolecular Hbond substituents is 1. The molecule has 2 aromatic carbocycles. The van der Waals surface area contributed by atoms with Crippen molar-refractivity contribution in [3.63, 3.8) is 0 Å². The summed E-state index contributed by atoms with van der Waals surface area (Å²) < 4.78 is 0. The normalized spacial score (nSPS) is 11.6. The summed E-state index contributed by atoms with van der Waals surface area (Å²) in [6.07, 6.45) is 5.97. The average Bonchev–Trinajstić information content (AvgIpc) is 2.52. The third-order valence-corrected chi connectivity index (χ3v) is 2.76. The lowest BCUT2D eigenvalue weighted by molar-refractivity contribution is -0.385. The Labute approximate surface area is 126 Å². The van der Waals surface area contributed by atoms with Crippen LogP contribution in [0.25, 0.3) is 6.08 Å². The van der Waals surface area contributed by atoms with Crippen molar-refractivity contribution in [1.29, 1.82) is 0 Å². The summed E-state index contributed by atoms with van der Waals surface area (Å²) in [6.45, 7) is 0. The topological polar surface area (TPSA) is 88.1 Å². The SMILES string of the molecule is O=[N+]([O-])c1ccccc1\C=C/C=N\N=C/c1ccccc1O. The van der Waals surface area contributed by atoms with Crippen LogP contribution >= 0.6 is 0 Å². The van der Waals surface area contributed by atoms with Gasteiger partial charge in [-0.05, 0) is 30.4 Å². The minimum Gasteiger partial charge on any atom is -0.507 e. The van der Waals surface area contributed by atoms with Crippen LogP contribution in [0.5, 0.6) is 5.75 Å². The van der Waals surface area contributed by atoms with Gasteiger partial charge in [-0.25, -0.2) is 0 Å². The van der Waals surface area contributed by atoms with Crippen LogP contribution in [-0.2, 0) is 0 Å². The lowest BCUT2D eigenvalue weighted by Gasteiger charge is -1.95. The molecule has 0 aliphatic heterocycles. The predicted molar refractivity (Wildman–Crippen MR) is 86.3 cm³/mol. The summed E-state index contributed by atoms with van der Waals surface area (Å²) >= 11 is 0. The lowest BCUT2D eigenvalue weighted by atomic mass is 10.2. The molecule has 6 nitrogen and oxygen atoms in total. The maximum Gasteiger partial charge on any atom is 0.276 e. The van der Waals surface area contributed by atoms with Crippen LogP contribution < -0.4 is 0 Å². The Hall–Kier alpha value is -3.28. The molecule has 0 heterocycles. The first-order valence-electron chi connectivity index (χ1n) is 6.43. The van der Waals surface area contributed by atoms with Crippen LogP contribution in [0.15, 0.2) is 64.8 Å². The van der Waals surface area contributed by atoms with E-state index in [9.17, 15) is 15.2 Å². The zero-order chi connectivity index (χ0) is 15.8. The molecule has 0 unspecified atom stereocenters. The Balaban J connectivity index is 2.01. The molecular weight excluding hydrogens is 282 g/mol. The second-order valence-corrected chi connectivity index (χ2v) is 4.24. The predicted octanol–water partition coefficient (Wildman–Crippen LogP) is 3.42. The number of rotatable bonds is 5. The zero-order valence-electron chi connectivity index (χ0n) is 11.5. The van der Waals surface area contributed by atoms with E-state index in [0.29, 0.717) is 11.1 Å². The van der Waals surface area contributed by atoms with Gasteiger partial charge in [0.15, 0.2) is 0 Å². The highest BCUT2D eigenvalue weighted by Gasteiger charge is 2.08. The van der Waals surface area contributed by atoms with Gasteiger partial charge in [0.25, 0.3) is 5.69 Å². The monoisotopic (exact) mass is 295 g/mol. The third-order valence-electron chi connectivity index (χ3n) is 2.76. The quantitative estimate of drug-likeness (QED) is 0.520. The molecule has 2 aromatic rings. The maximum absolute atomic E-state index is 10.8. The molecular formula is C16H13N3O3. The number of aromatic hydroxyl groups is 1. The first-order valence-corrected chi connectivity index (χ1v) is 6.43. The van der Waals surface area contributed by atoms with Crippen molar-refractivity contribution in [2.45, 2.75) is 0 Å². The fourth-order valence-corrected chi connectivity index (χ4v) is 1.71. The third kappa shape index (κ3) is 4.11. The van der Waals surface area contributed by atoms with Gasteiger partial charge in [-0.3, -0.25) is 10.1 Å². The van der Waals surface area contributed by atoms with Gasteiger partial charge in [-0.1, -0.05) is 24.3 Å². The molecule has 22 heavy (non-hydrogen) atoms. The Morgan fingerprint density at radius 2 is 1.68 bits per heavy atom.